The van der Waals surface area contributed by atoms with Gasteiger partial charge in [-0.3, -0.25) is 4.79 Å². The zero-order chi connectivity index (χ0) is 13.8. The fourth-order valence-corrected chi connectivity index (χ4v) is 2.52. The standard InChI is InChI=1S/C14H14N2O2S/c1-18-9-3-2-4-10(7-9)19-11-5-6-13(15)12(8-11)14(16)17/h2-8H,15H2,1H3,(H2,16,17). The van der Waals surface area contributed by atoms with Crippen LogP contribution >= 0.6 is 11.8 Å². The highest BCUT2D eigenvalue weighted by molar-refractivity contribution is 7.99. The molecule has 4 N–H and O–H groups in total. The summed E-state index contributed by atoms with van der Waals surface area (Å²) in [6, 6.07) is 12.9. The first-order valence-corrected chi connectivity index (χ1v) is 6.43. The van der Waals surface area contributed by atoms with Gasteiger partial charge in [-0.1, -0.05) is 17.8 Å². The molecule has 0 heterocycles. The van der Waals surface area contributed by atoms with Crippen LogP contribution in [0.3, 0.4) is 0 Å². The zero-order valence-corrected chi connectivity index (χ0v) is 11.2. The number of rotatable bonds is 4. The van der Waals surface area contributed by atoms with Crippen LogP contribution in [0.2, 0.25) is 0 Å². The number of hydrogen-bond donors (Lipinski definition) is 2. The van der Waals surface area contributed by atoms with Crippen LogP contribution in [0.5, 0.6) is 5.75 Å². The third-order valence-electron chi connectivity index (χ3n) is 2.57. The van der Waals surface area contributed by atoms with Crippen LogP contribution in [0.25, 0.3) is 0 Å². The molecule has 4 nitrogen and oxygen atoms in total. The summed E-state index contributed by atoms with van der Waals surface area (Å²) in [7, 11) is 1.62. The Hall–Kier alpha value is -2.14. The van der Waals surface area contributed by atoms with Crippen LogP contribution < -0.4 is 16.2 Å². The van der Waals surface area contributed by atoms with Crippen molar-refractivity contribution in [3.05, 3.63) is 48.0 Å². The Labute approximate surface area is 115 Å². The van der Waals surface area contributed by atoms with Gasteiger partial charge in [-0.15, -0.1) is 0 Å². The molecule has 2 aromatic carbocycles. The number of nitrogen functional groups attached to an aromatic ring is 1. The van der Waals surface area contributed by atoms with Crippen molar-refractivity contribution in [1.29, 1.82) is 0 Å². The van der Waals surface area contributed by atoms with Gasteiger partial charge in [-0.05, 0) is 36.4 Å². The van der Waals surface area contributed by atoms with E-state index in [1.54, 1.807) is 19.2 Å². The number of hydrogen-bond acceptors (Lipinski definition) is 4. The third-order valence-corrected chi connectivity index (χ3v) is 3.55. The summed E-state index contributed by atoms with van der Waals surface area (Å²) in [4.78, 5) is 13.2. The quantitative estimate of drug-likeness (QED) is 0.840. The van der Waals surface area contributed by atoms with Gasteiger partial charge in [0.2, 0.25) is 0 Å². The van der Waals surface area contributed by atoms with E-state index in [-0.39, 0.29) is 0 Å². The SMILES string of the molecule is COc1cccc(Sc2ccc(N)c(C(N)=O)c2)c1. The fraction of sp³-hybridized carbons (Fsp3) is 0.0714. The van der Waals surface area contributed by atoms with Crippen molar-refractivity contribution in [3.8, 4) is 5.75 Å². The summed E-state index contributed by atoms with van der Waals surface area (Å²) in [5.74, 6) is 0.265. The molecule has 0 aliphatic carbocycles. The lowest BCUT2D eigenvalue weighted by molar-refractivity contribution is 0.100. The second-order valence-corrected chi connectivity index (χ2v) is 5.04. The molecular weight excluding hydrogens is 260 g/mol. The van der Waals surface area contributed by atoms with Crippen molar-refractivity contribution in [2.75, 3.05) is 12.8 Å². The topological polar surface area (TPSA) is 78.3 Å². The van der Waals surface area contributed by atoms with E-state index in [0.29, 0.717) is 11.3 Å². The van der Waals surface area contributed by atoms with Crippen LogP contribution in [0.1, 0.15) is 10.4 Å². The minimum atomic E-state index is -0.523. The molecule has 0 spiro atoms. The normalized spacial score (nSPS) is 10.2. The van der Waals surface area contributed by atoms with Crippen LogP contribution in [0, 0.1) is 0 Å². The molecule has 5 heteroatoms. The van der Waals surface area contributed by atoms with Gasteiger partial charge in [-0.2, -0.15) is 0 Å². The third kappa shape index (κ3) is 3.20. The predicted molar refractivity (Wildman–Crippen MR) is 76.5 cm³/mol. The van der Waals surface area contributed by atoms with E-state index in [1.165, 1.54) is 11.8 Å². The summed E-state index contributed by atoms with van der Waals surface area (Å²) in [6.45, 7) is 0. The molecule has 1 amide bonds. The van der Waals surface area contributed by atoms with E-state index in [2.05, 4.69) is 0 Å². The summed E-state index contributed by atoms with van der Waals surface area (Å²) in [5.41, 5.74) is 11.7. The lowest BCUT2D eigenvalue weighted by Crippen LogP contribution is -2.13. The molecule has 0 aliphatic heterocycles. The van der Waals surface area contributed by atoms with E-state index in [0.717, 1.165) is 15.5 Å². The van der Waals surface area contributed by atoms with Crippen LogP contribution in [-0.4, -0.2) is 13.0 Å². The molecule has 0 aromatic heterocycles. The van der Waals surface area contributed by atoms with Crippen molar-refractivity contribution >= 4 is 23.4 Å². The average Bonchev–Trinajstić information content (AvgIpc) is 2.41. The zero-order valence-electron chi connectivity index (χ0n) is 10.4. The molecule has 0 saturated carbocycles. The molecular formula is C14H14N2O2S. The van der Waals surface area contributed by atoms with E-state index in [1.807, 2.05) is 30.3 Å². The van der Waals surface area contributed by atoms with Crippen molar-refractivity contribution < 1.29 is 9.53 Å². The Kier molecular flexibility index (Phi) is 3.97. The van der Waals surface area contributed by atoms with Gasteiger partial charge in [0.05, 0.1) is 12.7 Å². The number of primary amides is 1. The molecule has 2 rings (SSSR count). The summed E-state index contributed by atoms with van der Waals surface area (Å²) >= 11 is 1.51. The Bertz CT molecular complexity index is 614. The first-order chi connectivity index (χ1) is 9.10. The lowest BCUT2D eigenvalue weighted by atomic mass is 10.2. The van der Waals surface area contributed by atoms with Gasteiger partial charge in [0.1, 0.15) is 5.75 Å². The molecule has 0 saturated heterocycles. The highest BCUT2D eigenvalue weighted by atomic mass is 32.2. The second kappa shape index (κ2) is 5.67. The minimum absolute atomic E-state index is 0.341. The van der Waals surface area contributed by atoms with E-state index >= 15 is 0 Å². The van der Waals surface area contributed by atoms with Crippen molar-refractivity contribution in [2.45, 2.75) is 9.79 Å². The number of nitrogens with two attached hydrogens (primary N) is 2. The molecule has 0 fully saturated rings. The number of anilines is 1. The van der Waals surface area contributed by atoms with Crippen LogP contribution in [0.4, 0.5) is 5.69 Å². The molecule has 98 valence electrons. The van der Waals surface area contributed by atoms with Gasteiger partial charge in [0.25, 0.3) is 5.91 Å². The highest BCUT2D eigenvalue weighted by Gasteiger charge is 2.08. The Morgan fingerprint density at radius 3 is 2.58 bits per heavy atom. The first-order valence-electron chi connectivity index (χ1n) is 5.61. The van der Waals surface area contributed by atoms with Crippen molar-refractivity contribution in [1.82, 2.24) is 0 Å². The number of methoxy groups -OCH3 is 1. The van der Waals surface area contributed by atoms with Gasteiger partial charge in [0.15, 0.2) is 0 Å². The van der Waals surface area contributed by atoms with Crippen molar-refractivity contribution in [2.24, 2.45) is 5.73 Å². The number of ether oxygens (including phenoxy) is 1. The summed E-state index contributed by atoms with van der Waals surface area (Å²) in [6.07, 6.45) is 0. The molecule has 0 aliphatic rings. The maximum absolute atomic E-state index is 11.2. The fourth-order valence-electron chi connectivity index (χ4n) is 1.61. The maximum Gasteiger partial charge on any atom is 0.250 e. The van der Waals surface area contributed by atoms with Gasteiger partial charge in [0, 0.05) is 15.5 Å². The lowest BCUT2D eigenvalue weighted by Gasteiger charge is -2.07. The van der Waals surface area contributed by atoms with Gasteiger partial charge < -0.3 is 16.2 Å². The van der Waals surface area contributed by atoms with Crippen LogP contribution in [-0.2, 0) is 0 Å². The largest absolute Gasteiger partial charge is 0.497 e. The number of carbonyl (C=O) groups excluding carboxylic acids is 1. The summed E-state index contributed by atoms with van der Waals surface area (Å²) < 4.78 is 5.17. The number of carbonyl (C=O) groups is 1. The molecule has 0 atom stereocenters. The van der Waals surface area contributed by atoms with Crippen LogP contribution in [0.15, 0.2) is 52.3 Å². The smallest absolute Gasteiger partial charge is 0.250 e. The molecule has 0 bridgehead atoms. The van der Waals surface area contributed by atoms with E-state index < -0.39 is 5.91 Å². The van der Waals surface area contributed by atoms with Crippen molar-refractivity contribution in [3.63, 3.8) is 0 Å². The highest BCUT2D eigenvalue weighted by Crippen LogP contribution is 2.31. The Morgan fingerprint density at radius 2 is 1.89 bits per heavy atom. The Balaban J connectivity index is 2.28. The first kappa shape index (κ1) is 13.3. The monoisotopic (exact) mass is 274 g/mol. The molecule has 0 radical (unpaired) electrons. The van der Waals surface area contributed by atoms with Gasteiger partial charge >= 0.3 is 0 Å². The molecule has 0 unspecified atom stereocenters. The van der Waals surface area contributed by atoms with E-state index in [9.17, 15) is 4.79 Å². The maximum atomic E-state index is 11.2. The number of amides is 1. The molecule has 19 heavy (non-hydrogen) atoms. The predicted octanol–water partition coefficient (Wildman–Crippen LogP) is 2.53. The van der Waals surface area contributed by atoms with E-state index in [4.69, 9.17) is 16.2 Å². The average molecular weight is 274 g/mol. The minimum Gasteiger partial charge on any atom is -0.497 e. The number of benzene rings is 2. The van der Waals surface area contributed by atoms with Gasteiger partial charge in [-0.25, -0.2) is 0 Å². The second-order valence-electron chi connectivity index (χ2n) is 3.89. The Morgan fingerprint density at radius 1 is 1.16 bits per heavy atom. The summed E-state index contributed by atoms with van der Waals surface area (Å²) in [5, 5.41) is 0. The molecule has 2 aromatic rings.